The highest BCUT2D eigenvalue weighted by Crippen LogP contribution is 2.46. The van der Waals surface area contributed by atoms with Crippen molar-refractivity contribution in [3.63, 3.8) is 0 Å². The number of nitrogens with zero attached hydrogens (tertiary/aromatic N) is 1. The molecule has 31 heavy (non-hydrogen) atoms. The number of ether oxygens (including phenoxy) is 2. The van der Waals surface area contributed by atoms with E-state index in [2.05, 4.69) is 16.7 Å². The molecule has 4 fully saturated rings. The molecular weight excluding hydrogens is 410 g/mol. The summed E-state index contributed by atoms with van der Waals surface area (Å²) in [7, 11) is 0. The molecule has 0 aromatic carbocycles. The number of carboxylic acid groups (broad SMARTS) is 1. The molecule has 0 amide bonds. The molecule has 5 nitrogen and oxygen atoms in total. The van der Waals surface area contributed by atoms with Crippen LogP contribution in [-0.2, 0) is 14.3 Å². The number of rotatable bonds is 9. The smallest absolute Gasteiger partial charge is 0.332 e. The fourth-order valence-electron chi connectivity index (χ4n) is 6.64. The molecule has 1 N–H and O–H groups in total. The second-order valence-electron chi connectivity index (χ2n) is 10.2. The monoisotopic (exact) mass is 453 g/mol. The molecule has 6 heteroatoms. The van der Waals surface area contributed by atoms with E-state index >= 15 is 0 Å². The molecule has 1 aliphatic heterocycles. The van der Waals surface area contributed by atoms with Gasteiger partial charge in [-0.3, -0.25) is 4.90 Å². The van der Waals surface area contributed by atoms with Gasteiger partial charge in [0.1, 0.15) is 0 Å². The summed E-state index contributed by atoms with van der Waals surface area (Å²) in [5, 5.41) is 11.1. The van der Waals surface area contributed by atoms with Crippen LogP contribution in [0.1, 0.15) is 90.4 Å². The van der Waals surface area contributed by atoms with Crippen molar-refractivity contribution in [2.45, 2.75) is 125 Å². The first kappa shape index (κ1) is 23.8. The third kappa shape index (κ3) is 6.18. The zero-order valence-corrected chi connectivity index (χ0v) is 20.2. The van der Waals surface area contributed by atoms with Gasteiger partial charge < -0.3 is 14.6 Å². The van der Waals surface area contributed by atoms with Crippen molar-refractivity contribution < 1.29 is 19.4 Å². The van der Waals surface area contributed by atoms with Crippen molar-refractivity contribution in [3.05, 3.63) is 0 Å². The number of fused-ring (bicyclic) bond motifs is 2. The molecule has 0 bridgehead atoms. The number of hydrogen-bond donors (Lipinski definition) is 1. The van der Waals surface area contributed by atoms with Crippen LogP contribution < -0.4 is 0 Å². The summed E-state index contributed by atoms with van der Waals surface area (Å²) >= 11 is 2.34. The van der Waals surface area contributed by atoms with Gasteiger partial charge in [-0.2, -0.15) is 11.8 Å². The van der Waals surface area contributed by atoms with E-state index in [-0.39, 0.29) is 0 Å². The standard InChI is InChI=1S/C25H43NO4S/c1-2-29-22(25(27)28)17-18-11-13-19(14-12-18)30-16-15-26-20-7-3-5-9-23(20)31-24-10-6-4-8-21(24)26/h18-24H,2-17H2,1H3,(H,27,28). The van der Waals surface area contributed by atoms with Crippen LogP contribution in [-0.4, -0.2) is 70.5 Å². The number of aliphatic carboxylic acids is 1. The Balaban J connectivity index is 1.22. The van der Waals surface area contributed by atoms with Crippen molar-refractivity contribution in [3.8, 4) is 0 Å². The van der Waals surface area contributed by atoms with E-state index in [0.717, 1.165) is 61.4 Å². The van der Waals surface area contributed by atoms with Gasteiger partial charge in [0.15, 0.2) is 6.10 Å². The van der Waals surface area contributed by atoms with Crippen LogP contribution >= 0.6 is 11.8 Å². The number of carbonyl (C=O) groups is 1. The van der Waals surface area contributed by atoms with Crippen molar-refractivity contribution in [2.75, 3.05) is 19.8 Å². The molecule has 5 unspecified atom stereocenters. The normalized spacial score (nSPS) is 37.6. The fourth-order valence-corrected chi connectivity index (χ4v) is 8.64. The molecular formula is C25H43NO4S. The zero-order chi connectivity index (χ0) is 21.6. The molecule has 4 rings (SSSR count). The molecule has 1 heterocycles. The maximum Gasteiger partial charge on any atom is 0.332 e. The van der Waals surface area contributed by atoms with Crippen LogP contribution in [0.4, 0.5) is 0 Å². The zero-order valence-electron chi connectivity index (χ0n) is 19.4. The Labute approximate surface area is 193 Å². The molecule has 0 aromatic heterocycles. The van der Waals surface area contributed by atoms with E-state index < -0.39 is 12.1 Å². The number of carboxylic acids is 1. The van der Waals surface area contributed by atoms with E-state index in [0.29, 0.717) is 25.0 Å². The Morgan fingerprint density at radius 3 is 2.16 bits per heavy atom. The van der Waals surface area contributed by atoms with Gasteiger partial charge >= 0.3 is 5.97 Å². The third-order valence-electron chi connectivity index (χ3n) is 8.22. The lowest BCUT2D eigenvalue weighted by atomic mass is 9.84. The van der Waals surface area contributed by atoms with Gasteiger partial charge in [0, 0.05) is 35.7 Å². The van der Waals surface area contributed by atoms with E-state index in [1.165, 1.54) is 51.4 Å². The lowest BCUT2D eigenvalue weighted by Crippen LogP contribution is -2.59. The summed E-state index contributed by atoms with van der Waals surface area (Å²) in [4.78, 5) is 14.2. The lowest BCUT2D eigenvalue weighted by molar-refractivity contribution is -0.151. The number of hydrogen-bond acceptors (Lipinski definition) is 5. The summed E-state index contributed by atoms with van der Waals surface area (Å²) in [5.41, 5.74) is 0. The maximum absolute atomic E-state index is 11.4. The Morgan fingerprint density at radius 1 is 0.968 bits per heavy atom. The van der Waals surface area contributed by atoms with Crippen molar-refractivity contribution >= 4 is 17.7 Å². The minimum Gasteiger partial charge on any atom is -0.479 e. The van der Waals surface area contributed by atoms with E-state index in [1.54, 1.807) is 0 Å². The average molecular weight is 454 g/mol. The van der Waals surface area contributed by atoms with Gasteiger partial charge in [-0.15, -0.1) is 0 Å². The Kier molecular flexibility index (Phi) is 9.01. The Hall–Kier alpha value is -0.300. The molecule has 3 saturated carbocycles. The van der Waals surface area contributed by atoms with Gasteiger partial charge in [-0.05, 0) is 70.6 Å². The van der Waals surface area contributed by atoms with E-state index in [4.69, 9.17) is 9.47 Å². The minimum atomic E-state index is -0.818. The van der Waals surface area contributed by atoms with Gasteiger partial charge in [0.05, 0.1) is 12.7 Å². The lowest BCUT2D eigenvalue weighted by Gasteiger charge is -2.53. The first-order chi connectivity index (χ1) is 15.2. The highest BCUT2D eigenvalue weighted by atomic mass is 32.2. The largest absolute Gasteiger partial charge is 0.479 e. The van der Waals surface area contributed by atoms with Gasteiger partial charge in [0.25, 0.3) is 0 Å². The molecule has 5 atom stereocenters. The topological polar surface area (TPSA) is 59.0 Å². The molecule has 0 spiro atoms. The summed E-state index contributed by atoms with van der Waals surface area (Å²) in [6.07, 6.45) is 15.9. The summed E-state index contributed by atoms with van der Waals surface area (Å²) in [6.45, 7) is 4.30. The van der Waals surface area contributed by atoms with Crippen LogP contribution in [0.25, 0.3) is 0 Å². The quantitative estimate of drug-likeness (QED) is 0.523. The highest BCUT2D eigenvalue weighted by molar-refractivity contribution is 8.00. The van der Waals surface area contributed by atoms with Gasteiger partial charge in [0.2, 0.25) is 0 Å². The van der Waals surface area contributed by atoms with E-state index in [1.807, 2.05) is 6.92 Å². The average Bonchev–Trinajstić information content (AvgIpc) is 2.79. The highest BCUT2D eigenvalue weighted by Gasteiger charge is 2.44. The second-order valence-corrected chi connectivity index (χ2v) is 11.7. The molecule has 0 radical (unpaired) electrons. The Bertz CT molecular complexity index is 546. The van der Waals surface area contributed by atoms with Crippen molar-refractivity contribution in [1.29, 1.82) is 0 Å². The van der Waals surface area contributed by atoms with Crippen LogP contribution in [0.2, 0.25) is 0 Å². The molecule has 3 aliphatic carbocycles. The fraction of sp³-hybridized carbons (Fsp3) is 0.960. The van der Waals surface area contributed by atoms with Crippen LogP contribution in [0, 0.1) is 5.92 Å². The van der Waals surface area contributed by atoms with Crippen LogP contribution in [0.15, 0.2) is 0 Å². The van der Waals surface area contributed by atoms with Crippen LogP contribution in [0.5, 0.6) is 0 Å². The van der Waals surface area contributed by atoms with Gasteiger partial charge in [-0.25, -0.2) is 4.79 Å². The predicted octanol–water partition coefficient (Wildman–Crippen LogP) is 5.11. The maximum atomic E-state index is 11.4. The second kappa shape index (κ2) is 11.7. The third-order valence-corrected chi connectivity index (χ3v) is 10.0. The SMILES string of the molecule is CCOC(CC1CCC(OCCN2C3CCCCC3SC3CCCCC32)CC1)C(=O)O. The minimum absolute atomic E-state index is 0.357. The molecule has 178 valence electrons. The summed E-state index contributed by atoms with van der Waals surface area (Å²) < 4.78 is 11.8. The van der Waals surface area contributed by atoms with Gasteiger partial charge in [-0.1, -0.05) is 25.7 Å². The first-order valence-corrected chi connectivity index (χ1v) is 14.0. The predicted molar refractivity (Wildman–Crippen MR) is 126 cm³/mol. The Morgan fingerprint density at radius 2 is 1.58 bits per heavy atom. The molecule has 1 saturated heterocycles. The van der Waals surface area contributed by atoms with E-state index in [9.17, 15) is 9.90 Å². The number of thioether (sulfide) groups is 1. The van der Waals surface area contributed by atoms with Crippen molar-refractivity contribution in [2.24, 2.45) is 5.92 Å². The van der Waals surface area contributed by atoms with Crippen LogP contribution in [0.3, 0.4) is 0 Å². The van der Waals surface area contributed by atoms with Crippen molar-refractivity contribution in [1.82, 2.24) is 4.90 Å². The summed E-state index contributed by atoms with van der Waals surface area (Å²) in [6, 6.07) is 1.56. The molecule has 4 aliphatic rings. The summed E-state index contributed by atoms with van der Waals surface area (Å²) in [5.74, 6) is -0.362. The first-order valence-electron chi connectivity index (χ1n) is 13.0. The molecule has 0 aromatic rings.